The van der Waals surface area contributed by atoms with E-state index in [9.17, 15) is 22.4 Å². The van der Waals surface area contributed by atoms with Gasteiger partial charge in [0.25, 0.3) is 0 Å². The predicted molar refractivity (Wildman–Crippen MR) is 115 cm³/mol. The molecule has 3 rings (SSSR count). The van der Waals surface area contributed by atoms with Crippen molar-refractivity contribution < 1.29 is 22.4 Å². The van der Waals surface area contributed by atoms with Crippen LogP contribution in [0.2, 0.25) is 0 Å². The average Bonchev–Trinajstić information content (AvgIpc) is 3.03. The summed E-state index contributed by atoms with van der Waals surface area (Å²) in [5.41, 5.74) is 0. The molecule has 2 fully saturated rings. The third kappa shape index (κ3) is 6.49. The van der Waals surface area contributed by atoms with Crippen LogP contribution in [0.5, 0.6) is 0 Å². The van der Waals surface area contributed by atoms with Gasteiger partial charge in [0.2, 0.25) is 10.0 Å². The smallest absolute Gasteiger partial charge is 0.309 e. The Hall–Kier alpha value is -2.00. The second-order valence-corrected chi connectivity index (χ2v) is 10.3. The summed E-state index contributed by atoms with van der Waals surface area (Å²) in [5, 5.41) is 5.45. The Balaban J connectivity index is 1.52. The van der Waals surface area contributed by atoms with Crippen molar-refractivity contribution in [2.75, 3.05) is 13.1 Å². The van der Waals surface area contributed by atoms with Crippen LogP contribution in [-0.2, 0) is 19.6 Å². The molecule has 9 heteroatoms. The van der Waals surface area contributed by atoms with Gasteiger partial charge in [-0.3, -0.25) is 9.59 Å². The van der Waals surface area contributed by atoms with Crippen LogP contribution >= 0.6 is 0 Å². The molecular formula is C22H32FN3O4S. The molecule has 1 saturated carbocycles. The summed E-state index contributed by atoms with van der Waals surface area (Å²) < 4.78 is 40.7. The number of carbonyl (C=O) groups is 2. The molecule has 7 nitrogen and oxygen atoms in total. The fraction of sp³-hybridized carbons (Fsp3) is 0.636. The largest absolute Gasteiger partial charge is 0.348 e. The number of nitrogens with one attached hydrogen (secondary N) is 2. The second-order valence-electron chi connectivity index (χ2n) is 8.43. The van der Waals surface area contributed by atoms with Crippen LogP contribution in [0.25, 0.3) is 0 Å². The van der Waals surface area contributed by atoms with E-state index in [-0.39, 0.29) is 23.5 Å². The Morgan fingerprint density at radius 2 is 1.58 bits per heavy atom. The van der Waals surface area contributed by atoms with Gasteiger partial charge in [0.05, 0.1) is 4.90 Å². The van der Waals surface area contributed by atoms with Crippen LogP contribution in [0.1, 0.15) is 64.2 Å². The summed E-state index contributed by atoms with van der Waals surface area (Å²) >= 11 is 0. The van der Waals surface area contributed by atoms with Gasteiger partial charge in [0, 0.05) is 25.2 Å². The van der Waals surface area contributed by atoms with Gasteiger partial charge in [-0.05, 0) is 56.4 Å². The number of rotatable bonds is 6. The minimum atomic E-state index is -3.74. The van der Waals surface area contributed by atoms with Gasteiger partial charge in [-0.25, -0.2) is 12.8 Å². The molecule has 31 heavy (non-hydrogen) atoms. The van der Waals surface area contributed by atoms with Crippen molar-refractivity contribution in [3.8, 4) is 0 Å². The first-order valence-electron chi connectivity index (χ1n) is 11.2. The number of hydrogen-bond acceptors (Lipinski definition) is 4. The third-order valence-corrected chi connectivity index (χ3v) is 8.12. The summed E-state index contributed by atoms with van der Waals surface area (Å²) in [6.45, 7) is 0.609. The van der Waals surface area contributed by atoms with Crippen LogP contribution in [0, 0.1) is 5.82 Å². The van der Waals surface area contributed by atoms with E-state index in [1.165, 1.54) is 16.4 Å². The molecule has 1 aliphatic heterocycles. The van der Waals surface area contributed by atoms with Gasteiger partial charge in [0.15, 0.2) is 0 Å². The zero-order valence-corrected chi connectivity index (χ0v) is 18.6. The second kappa shape index (κ2) is 11.0. The number of piperidine rings is 1. The molecule has 0 unspecified atom stereocenters. The molecule has 2 N–H and O–H groups in total. The number of carbonyl (C=O) groups excluding carboxylic acids is 2. The summed E-state index contributed by atoms with van der Waals surface area (Å²) in [5.74, 6) is -1.78. The standard InChI is InChI=1S/C22H32FN3O4S/c23-17-10-12-20(13-11-17)31(29,30)26-16-6-5-9-19(26)14-15-24-21(27)22(28)25-18-7-3-1-2-4-8-18/h10-13,18-19H,1-9,14-16H2,(H,24,27)(H,25,28)/t19-/m1/s1. The fourth-order valence-corrected chi connectivity index (χ4v) is 6.15. The average molecular weight is 454 g/mol. The van der Waals surface area contributed by atoms with Crippen LogP contribution in [0.15, 0.2) is 29.2 Å². The highest BCUT2D eigenvalue weighted by molar-refractivity contribution is 7.89. The van der Waals surface area contributed by atoms with Crippen LogP contribution < -0.4 is 10.6 Å². The number of sulfonamides is 1. The van der Waals surface area contributed by atoms with Crippen molar-refractivity contribution in [3.05, 3.63) is 30.1 Å². The van der Waals surface area contributed by atoms with Crippen molar-refractivity contribution in [3.63, 3.8) is 0 Å². The van der Waals surface area contributed by atoms with Crippen LogP contribution in [0.3, 0.4) is 0 Å². The lowest BCUT2D eigenvalue weighted by Crippen LogP contribution is -2.47. The molecule has 1 atom stereocenters. The Morgan fingerprint density at radius 3 is 2.26 bits per heavy atom. The Kier molecular flexibility index (Phi) is 8.43. The molecule has 2 aliphatic rings. The first-order valence-corrected chi connectivity index (χ1v) is 12.7. The fourth-order valence-electron chi connectivity index (χ4n) is 4.43. The van der Waals surface area contributed by atoms with E-state index in [0.29, 0.717) is 19.4 Å². The molecule has 0 aromatic heterocycles. The molecule has 1 saturated heterocycles. The van der Waals surface area contributed by atoms with E-state index in [2.05, 4.69) is 10.6 Å². The summed E-state index contributed by atoms with van der Waals surface area (Å²) in [6, 6.07) is 4.61. The number of amides is 2. The molecule has 0 radical (unpaired) electrons. The Morgan fingerprint density at radius 1 is 0.935 bits per heavy atom. The minimum Gasteiger partial charge on any atom is -0.348 e. The summed E-state index contributed by atoms with van der Waals surface area (Å²) in [6.07, 6.45) is 9.01. The lowest BCUT2D eigenvalue weighted by molar-refractivity contribution is -0.139. The van der Waals surface area contributed by atoms with Crippen LogP contribution in [0.4, 0.5) is 4.39 Å². The quantitative estimate of drug-likeness (QED) is 0.511. The van der Waals surface area contributed by atoms with Gasteiger partial charge in [-0.15, -0.1) is 0 Å². The van der Waals surface area contributed by atoms with E-state index in [0.717, 1.165) is 63.5 Å². The summed E-state index contributed by atoms with van der Waals surface area (Å²) in [7, 11) is -3.74. The van der Waals surface area contributed by atoms with E-state index in [1.807, 2.05) is 0 Å². The molecule has 0 bridgehead atoms. The third-order valence-electron chi connectivity index (χ3n) is 6.15. The van der Waals surface area contributed by atoms with Gasteiger partial charge >= 0.3 is 11.8 Å². The van der Waals surface area contributed by atoms with Gasteiger partial charge in [-0.2, -0.15) is 4.31 Å². The van der Waals surface area contributed by atoms with Crippen molar-refractivity contribution in [2.45, 2.75) is 81.2 Å². The topological polar surface area (TPSA) is 95.6 Å². The zero-order valence-electron chi connectivity index (χ0n) is 17.8. The van der Waals surface area contributed by atoms with E-state index in [1.54, 1.807) is 0 Å². The van der Waals surface area contributed by atoms with Gasteiger partial charge in [-0.1, -0.05) is 32.1 Å². The Bertz CT molecular complexity index is 852. The Labute approximate surface area is 183 Å². The minimum absolute atomic E-state index is 0.0513. The molecule has 1 heterocycles. The van der Waals surface area contributed by atoms with Crippen molar-refractivity contribution >= 4 is 21.8 Å². The molecular weight excluding hydrogens is 421 g/mol. The van der Waals surface area contributed by atoms with Crippen molar-refractivity contribution in [1.29, 1.82) is 0 Å². The molecule has 0 spiro atoms. The normalized spacial score (nSPS) is 21.3. The molecule has 172 valence electrons. The SMILES string of the molecule is O=C(NCC[C@H]1CCCCN1S(=O)(=O)c1ccc(F)cc1)C(=O)NC1CCCCCC1. The van der Waals surface area contributed by atoms with Crippen molar-refractivity contribution in [2.24, 2.45) is 0 Å². The molecule has 1 aromatic carbocycles. The highest BCUT2D eigenvalue weighted by atomic mass is 32.2. The number of nitrogens with zero attached hydrogens (tertiary/aromatic N) is 1. The maximum absolute atomic E-state index is 13.2. The first kappa shape index (κ1) is 23.7. The lowest BCUT2D eigenvalue weighted by Gasteiger charge is -2.34. The number of halogens is 1. The number of benzene rings is 1. The van der Waals surface area contributed by atoms with E-state index in [4.69, 9.17) is 0 Å². The molecule has 1 aliphatic carbocycles. The highest BCUT2D eigenvalue weighted by Gasteiger charge is 2.33. The maximum atomic E-state index is 13.2. The predicted octanol–water partition coefficient (Wildman–Crippen LogP) is 2.71. The summed E-state index contributed by atoms with van der Waals surface area (Å²) in [4.78, 5) is 24.4. The molecule has 1 aromatic rings. The van der Waals surface area contributed by atoms with Crippen LogP contribution in [-0.4, -0.2) is 49.7 Å². The monoisotopic (exact) mass is 453 g/mol. The first-order chi connectivity index (χ1) is 14.9. The highest BCUT2D eigenvalue weighted by Crippen LogP contribution is 2.27. The number of hydrogen-bond donors (Lipinski definition) is 2. The van der Waals surface area contributed by atoms with E-state index < -0.39 is 27.7 Å². The van der Waals surface area contributed by atoms with Gasteiger partial charge < -0.3 is 10.6 Å². The van der Waals surface area contributed by atoms with Gasteiger partial charge in [0.1, 0.15) is 5.82 Å². The van der Waals surface area contributed by atoms with Crippen molar-refractivity contribution in [1.82, 2.24) is 14.9 Å². The lowest BCUT2D eigenvalue weighted by atomic mass is 10.0. The molecule has 2 amide bonds. The zero-order chi connectivity index (χ0) is 22.3. The van der Waals surface area contributed by atoms with E-state index >= 15 is 0 Å². The maximum Gasteiger partial charge on any atom is 0.309 e.